The number of aromatic nitrogens is 1. The molecule has 0 amide bonds. The van der Waals surface area contributed by atoms with E-state index in [0.717, 1.165) is 15.5 Å². The van der Waals surface area contributed by atoms with Gasteiger partial charge in [0.25, 0.3) is 0 Å². The van der Waals surface area contributed by atoms with Gasteiger partial charge < -0.3 is 5.11 Å². The molecule has 6 heteroatoms. The third-order valence-corrected chi connectivity index (χ3v) is 4.64. The molecule has 19 heavy (non-hydrogen) atoms. The summed E-state index contributed by atoms with van der Waals surface area (Å²) in [5.41, 5.74) is 2.53. The quantitative estimate of drug-likeness (QED) is 0.858. The third-order valence-electron chi connectivity index (χ3n) is 2.53. The van der Waals surface area contributed by atoms with Gasteiger partial charge in [-0.15, -0.1) is 11.3 Å². The first-order valence-electron chi connectivity index (χ1n) is 5.58. The maximum atomic E-state index is 13.1. The molecule has 0 aliphatic rings. The minimum atomic E-state index is -0.886. The monoisotopic (exact) mass is 297 g/mol. The molecule has 0 aliphatic heterocycles. The second kappa shape index (κ2) is 6.16. The van der Waals surface area contributed by atoms with Gasteiger partial charge in [0, 0.05) is 11.1 Å². The number of hydrogen-bond donors (Lipinski definition) is 1. The van der Waals surface area contributed by atoms with Crippen molar-refractivity contribution in [3.63, 3.8) is 0 Å². The van der Waals surface area contributed by atoms with E-state index in [1.165, 1.54) is 35.2 Å². The van der Waals surface area contributed by atoms with Crippen LogP contribution in [0.25, 0.3) is 0 Å². The van der Waals surface area contributed by atoms with Crippen molar-refractivity contribution in [3.05, 3.63) is 46.2 Å². The average molecular weight is 297 g/mol. The van der Waals surface area contributed by atoms with Crippen molar-refractivity contribution < 1.29 is 14.3 Å². The molecule has 1 aromatic heterocycles. The number of hydrogen-bond acceptors (Lipinski definition) is 4. The Hall–Kier alpha value is -1.40. The maximum absolute atomic E-state index is 13.1. The SMILES string of the molecule is Cc1ccc(F)cc1CSc1nc(CC(=O)O)cs1. The zero-order chi connectivity index (χ0) is 13.8. The molecule has 1 N–H and O–H groups in total. The molecule has 100 valence electrons. The number of halogens is 1. The van der Waals surface area contributed by atoms with E-state index in [9.17, 15) is 9.18 Å². The Balaban J connectivity index is 2.00. The molecule has 0 radical (unpaired) electrons. The highest BCUT2D eigenvalue weighted by molar-refractivity contribution is 8.00. The van der Waals surface area contributed by atoms with Crippen LogP contribution in [0.1, 0.15) is 16.8 Å². The fourth-order valence-electron chi connectivity index (χ4n) is 1.53. The normalized spacial score (nSPS) is 10.6. The van der Waals surface area contributed by atoms with E-state index < -0.39 is 5.97 Å². The van der Waals surface area contributed by atoms with Gasteiger partial charge in [0.1, 0.15) is 10.2 Å². The lowest BCUT2D eigenvalue weighted by molar-refractivity contribution is -0.136. The van der Waals surface area contributed by atoms with E-state index in [-0.39, 0.29) is 12.2 Å². The van der Waals surface area contributed by atoms with Gasteiger partial charge in [0.15, 0.2) is 0 Å². The number of carboxylic acids is 1. The lowest BCUT2D eigenvalue weighted by Gasteiger charge is -2.03. The van der Waals surface area contributed by atoms with E-state index in [1.807, 2.05) is 6.92 Å². The van der Waals surface area contributed by atoms with Crippen molar-refractivity contribution in [2.45, 2.75) is 23.4 Å². The number of carbonyl (C=O) groups is 1. The lowest BCUT2D eigenvalue weighted by Crippen LogP contribution is -1.99. The van der Waals surface area contributed by atoms with Crippen LogP contribution in [0.3, 0.4) is 0 Å². The van der Waals surface area contributed by atoms with Crippen molar-refractivity contribution in [2.24, 2.45) is 0 Å². The predicted octanol–water partition coefficient (Wildman–Crippen LogP) is 3.51. The average Bonchev–Trinajstić information content (AvgIpc) is 2.77. The molecule has 3 nitrogen and oxygen atoms in total. The van der Waals surface area contributed by atoms with Gasteiger partial charge in [-0.05, 0) is 30.2 Å². The van der Waals surface area contributed by atoms with Crippen molar-refractivity contribution in [1.82, 2.24) is 4.98 Å². The van der Waals surface area contributed by atoms with Crippen LogP contribution >= 0.6 is 23.1 Å². The first-order chi connectivity index (χ1) is 9.04. The van der Waals surface area contributed by atoms with Crippen LogP contribution in [0.15, 0.2) is 27.9 Å². The maximum Gasteiger partial charge on any atom is 0.309 e. The molecule has 2 rings (SSSR count). The molecule has 0 unspecified atom stereocenters. The topological polar surface area (TPSA) is 50.2 Å². The summed E-state index contributed by atoms with van der Waals surface area (Å²) < 4.78 is 13.9. The molecule has 2 aromatic rings. The van der Waals surface area contributed by atoms with Crippen molar-refractivity contribution in [1.29, 1.82) is 0 Å². The number of carboxylic acid groups (broad SMARTS) is 1. The van der Waals surface area contributed by atoms with Gasteiger partial charge in [0.05, 0.1) is 12.1 Å². The molecule has 0 aliphatic carbocycles. The third kappa shape index (κ3) is 4.04. The number of thiazole rings is 1. The first kappa shape index (κ1) is 14.0. The molecule has 0 atom stereocenters. The standard InChI is InChI=1S/C13H12FNO2S2/c1-8-2-3-10(14)4-9(8)6-18-13-15-11(7-19-13)5-12(16)17/h2-4,7H,5-6H2,1H3,(H,16,17). The van der Waals surface area contributed by atoms with E-state index in [1.54, 1.807) is 11.4 Å². The zero-order valence-electron chi connectivity index (χ0n) is 10.2. The molecule has 0 saturated heterocycles. The van der Waals surface area contributed by atoms with Gasteiger partial charge in [0.2, 0.25) is 0 Å². The number of thioether (sulfide) groups is 1. The van der Waals surface area contributed by atoms with Gasteiger partial charge >= 0.3 is 5.97 Å². The van der Waals surface area contributed by atoms with Gasteiger partial charge in [-0.1, -0.05) is 17.8 Å². The highest BCUT2D eigenvalue weighted by Crippen LogP contribution is 2.27. The summed E-state index contributed by atoms with van der Waals surface area (Å²) >= 11 is 2.91. The molecular weight excluding hydrogens is 285 g/mol. The first-order valence-corrected chi connectivity index (χ1v) is 7.45. The van der Waals surface area contributed by atoms with Crippen LogP contribution in [0, 0.1) is 12.7 Å². The van der Waals surface area contributed by atoms with Crippen molar-refractivity contribution >= 4 is 29.1 Å². The fourth-order valence-corrected chi connectivity index (χ4v) is 3.43. The van der Waals surface area contributed by atoms with Gasteiger partial charge in [-0.2, -0.15) is 0 Å². The summed E-state index contributed by atoms with van der Waals surface area (Å²) in [5.74, 6) is -0.501. The smallest absolute Gasteiger partial charge is 0.309 e. The van der Waals surface area contributed by atoms with Gasteiger partial charge in [-0.25, -0.2) is 9.37 Å². The number of aliphatic carboxylic acids is 1. The van der Waals surface area contributed by atoms with Crippen LogP contribution in [-0.4, -0.2) is 16.1 Å². The molecule has 0 fully saturated rings. The number of nitrogens with zero attached hydrogens (tertiary/aromatic N) is 1. The Morgan fingerprint density at radius 1 is 1.53 bits per heavy atom. The van der Waals surface area contributed by atoms with E-state index in [0.29, 0.717) is 11.4 Å². The van der Waals surface area contributed by atoms with Crippen LogP contribution in [-0.2, 0) is 17.0 Å². The summed E-state index contributed by atoms with van der Waals surface area (Å²) in [7, 11) is 0. The summed E-state index contributed by atoms with van der Waals surface area (Å²) in [6.45, 7) is 1.94. The Labute approximate surface area is 118 Å². The number of aryl methyl sites for hydroxylation is 1. The largest absolute Gasteiger partial charge is 0.481 e. The number of benzene rings is 1. The Morgan fingerprint density at radius 2 is 2.32 bits per heavy atom. The van der Waals surface area contributed by atoms with Crippen LogP contribution in [0.5, 0.6) is 0 Å². The second-order valence-corrected chi connectivity index (χ2v) is 6.12. The van der Waals surface area contributed by atoms with Crippen LogP contribution in [0.4, 0.5) is 4.39 Å². The second-order valence-electron chi connectivity index (χ2n) is 4.03. The van der Waals surface area contributed by atoms with E-state index >= 15 is 0 Å². The highest BCUT2D eigenvalue weighted by Gasteiger charge is 2.08. The zero-order valence-corrected chi connectivity index (χ0v) is 11.9. The lowest BCUT2D eigenvalue weighted by atomic mass is 10.1. The molecule has 1 aromatic carbocycles. The minimum Gasteiger partial charge on any atom is -0.481 e. The van der Waals surface area contributed by atoms with E-state index in [2.05, 4.69) is 4.98 Å². The minimum absolute atomic E-state index is 0.0595. The summed E-state index contributed by atoms with van der Waals surface area (Å²) in [6.07, 6.45) is -0.0595. The molecule has 0 saturated carbocycles. The summed E-state index contributed by atoms with van der Waals surface area (Å²) in [5, 5.41) is 10.4. The Morgan fingerprint density at radius 3 is 3.05 bits per heavy atom. The molecule has 0 spiro atoms. The summed E-state index contributed by atoms with van der Waals surface area (Å²) in [6, 6.07) is 4.72. The molecule has 0 bridgehead atoms. The van der Waals surface area contributed by atoms with Crippen molar-refractivity contribution in [2.75, 3.05) is 0 Å². The fraction of sp³-hybridized carbons (Fsp3) is 0.231. The number of rotatable bonds is 5. The van der Waals surface area contributed by atoms with Crippen LogP contribution in [0.2, 0.25) is 0 Å². The Bertz CT molecular complexity index is 598. The summed E-state index contributed by atoms with van der Waals surface area (Å²) in [4.78, 5) is 14.8. The van der Waals surface area contributed by atoms with Gasteiger partial charge in [-0.3, -0.25) is 4.79 Å². The molecule has 1 heterocycles. The predicted molar refractivity (Wildman–Crippen MR) is 74.2 cm³/mol. The molecular formula is C13H12FNO2S2. The van der Waals surface area contributed by atoms with Crippen molar-refractivity contribution in [3.8, 4) is 0 Å². The van der Waals surface area contributed by atoms with Crippen LogP contribution < -0.4 is 0 Å². The van der Waals surface area contributed by atoms with E-state index in [4.69, 9.17) is 5.11 Å². The highest BCUT2D eigenvalue weighted by atomic mass is 32.2. The Kier molecular flexibility index (Phi) is 4.55.